The molecule has 0 bridgehead atoms. The lowest BCUT2D eigenvalue weighted by molar-refractivity contribution is -0.144. The normalized spacial score (nSPS) is 16.8. The number of nitrogens with two attached hydrogens (primary N) is 1. The van der Waals surface area contributed by atoms with Gasteiger partial charge in [0.1, 0.15) is 6.04 Å². The Morgan fingerprint density at radius 3 is 1.90 bits per heavy atom. The van der Waals surface area contributed by atoms with Crippen LogP contribution in [0, 0.1) is 17.8 Å². The molecule has 0 spiro atoms. The zero-order chi connectivity index (χ0) is 22.9. The molecule has 3 amide bonds. The molecule has 4 N–H and O–H groups in total. The van der Waals surface area contributed by atoms with Gasteiger partial charge in [-0.25, -0.2) is 0 Å². The van der Waals surface area contributed by atoms with Crippen molar-refractivity contribution >= 4 is 17.7 Å². The number of ether oxygens (including phenoxy) is 1. The number of amides is 3. The molecular formula is C21H42N4O4. The largest absolute Gasteiger partial charge is 0.379 e. The maximum absolute atomic E-state index is 13.4. The highest BCUT2D eigenvalue weighted by molar-refractivity contribution is 5.90. The Morgan fingerprint density at radius 1 is 1.03 bits per heavy atom. The number of nitrogens with one attached hydrogen (secondary N) is 2. The topological polar surface area (TPSA) is 114 Å². The summed E-state index contributed by atoms with van der Waals surface area (Å²) < 4.78 is 5.53. The van der Waals surface area contributed by atoms with E-state index in [1.165, 1.54) is 7.11 Å². The van der Waals surface area contributed by atoms with E-state index in [4.69, 9.17) is 10.5 Å². The fourth-order valence-corrected chi connectivity index (χ4v) is 3.67. The van der Waals surface area contributed by atoms with Crippen LogP contribution in [0.2, 0.25) is 0 Å². The zero-order valence-electron chi connectivity index (χ0n) is 19.6. The molecule has 0 saturated carbocycles. The lowest BCUT2D eigenvalue weighted by Crippen LogP contribution is -2.59. The number of carbonyl (C=O) groups is 3. The summed E-state index contributed by atoms with van der Waals surface area (Å²) in [6.07, 6.45) is 0.312. The molecule has 0 saturated heterocycles. The zero-order valence-corrected chi connectivity index (χ0v) is 19.6. The number of carbonyl (C=O) groups excluding carboxylic acids is 3. The molecule has 0 rings (SSSR count). The summed E-state index contributed by atoms with van der Waals surface area (Å²) in [6.45, 7) is 11.7. The van der Waals surface area contributed by atoms with Gasteiger partial charge in [0, 0.05) is 14.2 Å². The molecule has 0 aliphatic heterocycles. The van der Waals surface area contributed by atoms with Crippen molar-refractivity contribution in [1.29, 1.82) is 0 Å². The van der Waals surface area contributed by atoms with Gasteiger partial charge in [0.2, 0.25) is 17.7 Å². The van der Waals surface area contributed by atoms with E-state index in [9.17, 15) is 14.4 Å². The summed E-state index contributed by atoms with van der Waals surface area (Å²) in [6, 6.07) is -1.41. The average molecular weight is 415 g/mol. The van der Waals surface area contributed by atoms with Gasteiger partial charge in [0.05, 0.1) is 24.6 Å². The van der Waals surface area contributed by atoms with Crippen LogP contribution in [-0.2, 0) is 19.1 Å². The van der Waals surface area contributed by atoms with Crippen LogP contribution in [-0.4, -0.2) is 68.1 Å². The van der Waals surface area contributed by atoms with Crippen LogP contribution in [0.1, 0.15) is 54.4 Å². The van der Waals surface area contributed by atoms with E-state index in [1.54, 1.807) is 19.0 Å². The van der Waals surface area contributed by atoms with Crippen LogP contribution < -0.4 is 16.4 Å². The van der Waals surface area contributed by atoms with Crippen molar-refractivity contribution in [2.75, 3.05) is 21.2 Å². The smallest absolute Gasteiger partial charge is 0.245 e. The van der Waals surface area contributed by atoms with Crippen molar-refractivity contribution in [1.82, 2.24) is 15.5 Å². The van der Waals surface area contributed by atoms with E-state index in [0.717, 1.165) is 6.42 Å². The molecule has 0 aromatic heterocycles. The van der Waals surface area contributed by atoms with Crippen molar-refractivity contribution < 1.29 is 19.1 Å². The third-order valence-corrected chi connectivity index (χ3v) is 5.60. The lowest BCUT2D eigenvalue weighted by Gasteiger charge is -2.40. The Kier molecular flexibility index (Phi) is 12.1. The summed E-state index contributed by atoms with van der Waals surface area (Å²) in [4.78, 5) is 39.2. The van der Waals surface area contributed by atoms with E-state index >= 15 is 0 Å². The van der Waals surface area contributed by atoms with Crippen LogP contribution in [0.5, 0.6) is 0 Å². The van der Waals surface area contributed by atoms with Gasteiger partial charge in [0.15, 0.2) is 0 Å². The Hall–Kier alpha value is -1.67. The Bertz CT molecular complexity index is 539. The number of rotatable bonds is 13. The van der Waals surface area contributed by atoms with E-state index < -0.39 is 18.1 Å². The molecule has 5 atom stereocenters. The molecule has 170 valence electrons. The van der Waals surface area contributed by atoms with Gasteiger partial charge >= 0.3 is 0 Å². The Balaban J connectivity index is 5.72. The summed E-state index contributed by atoms with van der Waals surface area (Å²) in [5.74, 6) is -0.825. The van der Waals surface area contributed by atoms with Crippen LogP contribution in [0.15, 0.2) is 0 Å². The maximum Gasteiger partial charge on any atom is 0.245 e. The minimum Gasteiger partial charge on any atom is -0.379 e. The van der Waals surface area contributed by atoms with Gasteiger partial charge in [0.25, 0.3) is 0 Å². The molecule has 0 fully saturated rings. The second kappa shape index (κ2) is 12.8. The summed E-state index contributed by atoms with van der Waals surface area (Å²) in [5.41, 5.74) is 5.39. The highest BCUT2D eigenvalue weighted by Crippen LogP contribution is 2.23. The molecule has 0 aliphatic rings. The summed E-state index contributed by atoms with van der Waals surface area (Å²) in [7, 11) is 4.95. The van der Waals surface area contributed by atoms with Crippen LogP contribution >= 0.6 is 0 Å². The first-order valence-electron chi connectivity index (χ1n) is 10.5. The van der Waals surface area contributed by atoms with Crippen molar-refractivity contribution in [3.8, 4) is 0 Å². The first-order chi connectivity index (χ1) is 13.4. The molecule has 0 aromatic rings. The second-order valence-corrected chi connectivity index (χ2v) is 8.51. The quantitative estimate of drug-likeness (QED) is 0.418. The molecule has 29 heavy (non-hydrogen) atoms. The van der Waals surface area contributed by atoms with Gasteiger partial charge in [-0.15, -0.1) is 0 Å². The predicted octanol–water partition coefficient (Wildman–Crippen LogP) is 1.13. The molecule has 0 aliphatic carbocycles. The Morgan fingerprint density at radius 2 is 1.55 bits per heavy atom. The number of methoxy groups -OCH3 is 1. The fraction of sp³-hybridized carbons (Fsp3) is 0.857. The molecular weight excluding hydrogens is 372 g/mol. The minimum atomic E-state index is -0.681. The molecule has 8 heteroatoms. The van der Waals surface area contributed by atoms with Gasteiger partial charge in [-0.2, -0.15) is 0 Å². The van der Waals surface area contributed by atoms with E-state index in [1.807, 2.05) is 41.5 Å². The van der Waals surface area contributed by atoms with Gasteiger partial charge in [-0.1, -0.05) is 48.0 Å². The summed E-state index contributed by atoms with van der Waals surface area (Å²) in [5, 5.41) is 5.92. The van der Waals surface area contributed by atoms with Gasteiger partial charge < -0.3 is 26.0 Å². The first kappa shape index (κ1) is 27.3. The first-order valence-corrected chi connectivity index (χ1v) is 10.5. The summed E-state index contributed by atoms with van der Waals surface area (Å²) >= 11 is 0. The minimum absolute atomic E-state index is 0.0248. The SMILES string of the molecule is CC[C@H](C)C([C@@H](CC(N)=O)OC)N(C)C(=O)[C@@H](NC(=O)C(NC)C(C)C)C(C)C. The van der Waals surface area contributed by atoms with E-state index in [2.05, 4.69) is 10.6 Å². The number of nitrogens with zero attached hydrogens (tertiary/aromatic N) is 1. The third-order valence-electron chi connectivity index (χ3n) is 5.60. The average Bonchev–Trinajstić information content (AvgIpc) is 2.63. The number of likely N-dealkylation sites (N-methyl/N-ethyl adjacent to an activating group) is 2. The monoisotopic (exact) mass is 414 g/mol. The van der Waals surface area contributed by atoms with E-state index in [-0.39, 0.29) is 48.1 Å². The predicted molar refractivity (Wildman–Crippen MR) is 115 cm³/mol. The fourth-order valence-electron chi connectivity index (χ4n) is 3.67. The molecule has 0 radical (unpaired) electrons. The van der Waals surface area contributed by atoms with Crippen LogP contribution in [0.25, 0.3) is 0 Å². The highest BCUT2D eigenvalue weighted by Gasteiger charge is 2.37. The van der Waals surface area contributed by atoms with Gasteiger partial charge in [-0.3, -0.25) is 14.4 Å². The molecule has 0 aromatic carbocycles. The van der Waals surface area contributed by atoms with Crippen LogP contribution in [0.3, 0.4) is 0 Å². The maximum atomic E-state index is 13.4. The van der Waals surface area contributed by atoms with Crippen molar-refractivity contribution in [3.05, 3.63) is 0 Å². The van der Waals surface area contributed by atoms with Crippen molar-refractivity contribution in [2.24, 2.45) is 23.5 Å². The highest BCUT2D eigenvalue weighted by atomic mass is 16.5. The lowest BCUT2D eigenvalue weighted by atomic mass is 9.90. The molecule has 8 nitrogen and oxygen atoms in total. The van der Waals surface area contributed by atoms with Crippen LogP contribution in [0.4, 0.5) is 0 Å². The molecule has 0 heterocycles. The van der Waals surface area contributed by atoms with Gasteiger partial charge in [-0.05, 0) is 24.8 Å². The number of hydrogen-bond acceptors (Lipinski definition) is 5. The van der Waals surface area contributed by atoms with Crippen molar-refractivity contribution in [3.63, 3.8) is 0 Å². The standard InChI is InChI=1S/C21H42N4O4/c1-10-14(6)19(15(29-9)11-16(22)26)25(8)21(28)18(13(4)5)24-20(27)17(23-7)12(2)3/h12-15,17-19,23H,10-11H2,1-9H3,(H2,22,26)(H,24,27)/t14-,15+,17?,18-,19?/m0/s1. The molecule has 2 unspecified atom stereocenters. The second-order valence-electron chi connectivity index (χ2n) is 8.51. The van der Waals surface area contributed by atoms with E-state index in [0.29, 0.717) is 0 Å². The Labute approximate surface area is 176 Å². The third kappa shape index (κ3) is 7.93. The number of primary amides is 1. The number of hydrogen-bond donors (Lipinski definition) is 3. The van der Waals surface area contributed by atoms with Crippen molar-refractivity contribution in [2.45, 2.75) is 78.6 Å².